The molecule has 0 spiro atoms. The van der Waals surface area contributed by atoms with Crippen LogP contribution in [-0.4, -0.2) is 33.2 Å². The average molecular weight is 580 g/mol. The number of aromatic nitrogens is 2. The van der Waals surface area contributed by atoms with Gasteiger partial charge < -0.3 is 14.9 Å². The topological polar surface area (TPSA) is 105 Å². The highest BCUT2D eigenvalue weighted by Gasteiger charge is 2.22. The molecule has 1 aromatic heterocycles. The predicted octanol–water partition coefficient (Wildman–Crippen LogP) is 7.45. The molecule has 8 heteroatoms. The van der Waals surface area contributed by atoms with E-state index in [1.165, 1.54) is 0 Å². The fourth-order valence-electron chi connectivity index (χ4n) is 4.53. The summed E-state index contributed by atoms with van der Waals surface area (Å²) in [6.07, 6.45) is 0.122. The summed E-state index contributed by atoms with van der Waals surface area (Å²) in [6.45, 7) is 6.27. The molecule has 5 rings (SSSR count). The number of carbonyl (C=O) groups excluding carboxylic acids is 1. The minimum atomic E-state index is -1.11. The molecule has 1 heterocycles. The lowest BCUT2D eigenvalue weighted by atomic mass is 9.86. The normalized spacial score (nSPS) is 12.1. The fraction of sp³-hybridized carbons (Fsp3) is 0.176. The first-order valence-corrected chi connectivity index (χ1v) is 13.9. The molecule has 212 valence electrons. The van der Waals surface area contributed by atoms with E-state index in [4.69, 9.17) is 16.1 Å². The Labute approximate surface area is 249 Å². The first-order chi connectivity index (χ1) is 20.1. The van der Waals surface area contributed by atoms with Gasteiger partial charge in [-0.3, -0.25) is 4.79 Å². The number of rotatable bonds is 8. The molecule has 0 aliphatic carbocycles. The number of aliphatic carboxylic acids is 1. The zero-order valence-corrected chi connectivity index (χ0v) is 24.2. The molecule has 1 atom stereocenters. The highest BCUT2D eigenvalue weighted by atomic mass is 35.5. The second kappa shape index (κ2) is 12.0. The van der Waals surface area contributed by atoms with Crippen LogP contribution in [0.25, 0.3) is 34.0 Å². The van der Waals surface area contributed by atoms with Crippen molar-refractivity contribution in [2.45, 2.75) is 38.6 Å². The SMILES string of the molecule is CC(C)(C)c1ccc(C(=O)N[C@@H](Cc2ccc(-c3noc(-c4ccc(-c5ccccc5Cl)cc4)n3)cc2)C(=O)O)cc1. The standard InChI is InChI=1S/C34H30ClN3O4/c1-34(2,3)26-18-16-24(17-19-26)31(39)36-29(33(40)41)20-21-8-10-23(11-9-21)30-37-32(42-38-30)25-14-12-22(13-15-25)27-6-4-5-7-28(27)35/h4-19,29H,20H2,1-3H3,(H,36,39)(H,40,41)/t29-/m0/s1. The second-order valence-electron chi connectivity index (χ2n) is 11.1. The van der Waals surface area contributed by atoms with Gasteiger partial charge in [0.15, 0.2) is 0 Å². The van der Waals surface area contributed by atoms with Gasteiger partial charge in [0.2, 0.25) is 5.82 Å². The van der Waals surface area contributed by atoms with Crippen molar-refractivity contribution in [3.63, 3.8) is 0 Å². The first kappa shape index (κ1) is 28.8. The third-order valence-corrected chi connectivity index (χ3v) is 7.34. The van der Waals surface area contributed by atoms with Gasteiger partial charge in [-0.05, 0) is 52.4 Å². The molecule has 5 aromatic rings. The van der Waals surface area contributed by atoms with E-state index in [0.717, 1.165) is 33.4 Å². The highest BCUT2D eigenvalue weighted by Crippen LogP contribution is 2.30. The third kappa shape index (κ3) is 6.58. The molecule has 0 saturated carbocycles. The Morgan fingerprint density at radius 2 is 1.48 bits per heavy atom. The lowest BCUT2D eigenvalue weighted by Crippen LogP contribution is -2.42. The van der Waals surface area contributed by atoms with Crippen LogP contribution in [0.2, 0.25) is 5.02 Å². The molecule has 0 unspecified atom stereocenters. The molecule has 2 N–H and O–H groups in total. The lowest BCUT2D eigenvalue weighted by Gasteiger charge is -2.19. The Bertz CT molecular complexity index is 1700. The van der Waals surface area contributed by atoms with Crippen LogP contribution in [0.4, 0.5) is 0 Å². The van der Waals surface area contributed by atoms with E-state index in [-0.39, 0.29) is 11.8 Å². The zero-order chi connectivity index (χ0) is 29.9. The number of benzene rings is 4. The van der Waals surface area contributed by atoms with Gasteiger partial charge in [0.25, 0.3) is 11.8 Å². The maximum atomic E-state index is 12.8. The summed E-state index contributed by atoms with van der Waals surface area (Å²) in [5.41, 5.74) is 5.62. The molecular weight excluding hydrogens is 550 g/mol. The third-order valence-electron chi connectivity index (χ3n) is 7.01. The quantitative estimate of drug-likeness (QED) is 0.198. The number of carboxylic acid groups (broad SMARTS) is 1. The lowest BCUT2D eigenvalue weighted by molar-refractivity contribution is -0.139. The van der Waals surface area contributed by atoms with Crippen molar-refractivity contribution in [2.24, 2.45) is 0 Å². The highest BCUT2D eigenvalue weighted by molar-refractivity contribution is 6.33. The molecule has 42 heavy (non-hydrogen) atoms. The molecular formula is C34H30ClN3O4. The first-order valence-electron chi connectivity index (χ1n) is 13.5. The Morgan fingerprint density at radius 1 is 0.857 bits per heavy atom. The minimum absolute atomic E-state index is 0.0444. The summed E-state index contributed by atoms with van der Waals surface area (Å²) in [4.78, 5) is 29.2. The van der Waals surface area contributed by atoms with E-state index in [9.17, 15) is 14.7 Å². The molecule has 0 aliphatic heterocycles. The molecule has 4 aromatic carbocycles. The van der Waals surface area contributed by atoms with Crippen molar-refractivity contribution in [1.29, 1.82) is 0 Å². The summed E-state index contributed by atoms with van der Waals surface area (Å²) in [5, 5.41) is 17.2. The van der Waals surface area contributed by atoms with Crippen LogP contribution in [0, 0.1) is 0 Å². The van der Waals surface area contributed by atoms with Gasteiger partial charge in [-0.25, -0.2) is 4.79 Å². The molecule has 0 bridgehead atoms. The van der Waals surface area contributed by atoms with Gasteiger partial charge >= 0.3 is 5.97 Å². The van der Waals surface area contributed by atoms with E-state index in [1.807, 2.05) is 60.7 Å². The number of carbonyl (C=O) groups is 2. The summed E-state index contributed by atoms with van der Waals surface area (Å²) < 4.78 is 5.50. The number of nitrogens with zero attached hydrogens (tertiary/aromatic N) is 2. The molecule has 7 nitrogen and oxygen atoms in total. The summed E-state index contributed by atoms with van der Waals surface area (Å²) >= 11 is 6.32. The molecule has 0 saturated heterocycles. The van der Waals surface area contributed by atoms with Gasteiger partial charge in [0, 0.05) is 33.7 Å². The van der Waals surface area contributed by atoms with Crippen LogP contribution in [0.1, 0.15) is 42.3 Å². The maximum Gasteiger partial charge on any atom is 0.326 e. The Balaban J connectivity index is 1.24. The number of halogens is 1. The molecule has 1 amide bonds. The van der Waals surface area contributed by atoms with E-state index >= 15 is 0 Å². The van der Waals surface area contributed by atoms with Crippen molar-refractivity contribution in [2.75, 3.05) is 0 Å². The Morgan fingerprint density at radius 3 is 2.10 bits per heavy atom. The predicted molar refractivity (Wildman–Crippen MR) is 163 cm³/mol. The van der Waals surface area contributed by atoms with Crippen LogP contribution in [0.5, 0.6) is 0 Å². The number of amides is 1. The smallest absolute Gasteiger partial charge is 0.326 e. The number of nitrogens with one attached hydrogen (secondary N) is 1. The Hall–Kier alpha value is -4.75. The van der Waals surface area contributed by atoms with Crippen LogP contribution < -0.4 is 5.32 Å². The van der Waals surface area contributed by atoms with E-state index < -0.39 is 17.9 Å². The molecule has 0 radical (unpaired) electrons. The van der Waals surface area contributed by atoms with Gasteiger partial charge in [-0.1, -0.05) is 104 Å². The maximum absolute atomic E-state index is 12.8. The minimum Gasteiger partial charge on any atom is -0.480 e. The van der Waals surface area contributed by atoms with Crippen LogP contribution in [0.3, 0.4) is 0 Å². The van der Waals surface area contributed by atoms with Gasteiger partial charge in [-0.15, -0.1) is 0 Å². The molecule has 0 aliphatic rings. The largest absolute Gasteiger partial charge is 0.480 e. The van der Waals surface area contributed by atoms with Crippen LogP contribution in [-0.2, 0) is 16.6 Å². The summed E-state index contributed by atoms with van der Waals surface area (Å²) in [6, 6.07) is 28.7. The number of carboxylic acids is 1. The summed E-state index contributed by atoms with van der Waals surface area (Å²) in [7, 11) is 0. The average Bonchev–Trinajstić information content (AvgIpc) is 3.47. The van der Waals surface area contributed by atoms with Crippen molar-refractivity contribution >= 4 is 23.5 Å². The number of hydrogen-bond donors (Lipinski definition) is 2. The monoisotopic (exact) mass is 579 g/mol. The van der Waals surface area contributed by atoms with Crippen LogP contribution in [0.15, 0.2) is 102 Å². The van der Waals surface area contributed by atoms with Gasteiger partial charge in [-0.2, -0.15) is 4.98 Å². The molecule has 0 fully saturated rings. The second-order valence-corrected chi connectivity index (χ2v) is 11.5. The van der Waals surface area contributed by atoms with Crippen molar-refractivity contribution in [3.8, 4) is 34.0 Å². The fourth-order valence-corrected chi connectivity index (χ4v) is 4.78. The van der Waals surface area contributed by atoms with Crippen molar-refractivity contribution < 1.29 is 19.2 Å². The zero-order valence-electron chi connectivity index (χ0n) is 23.5. The van der Waals surface area contributed by atoms with E-state index in [0.29, 0.717) is 22.3 Å². The number of hydrogen-bond acceptors (Lipinski definition) is 5. The van der Waals surface area contributed by atoms with Gasteiger partial charge in [0.05, 0.1) is 0 Å². The van der Waals surface area contributed by atoms with E-state index in [1.54, 1.807) is 36.4 Å². The van der Waals surface area contributed by atoms with E-state index in [2.05, 4.69) is 36.2 Å². The van der Waals surface area contributed by atoms with Gasteiger partial charge in [0.1, 0.15) is 6.04 Å². The Kier molecular flexibility index (Phi) is 8.22. The van der Waals surface area contributed by atoms with Crippen molar-refractivity contribution in [1.82, 2.24) is 15.5 Å². The van der Waals surface area contributed by atoms with Crippen molar-refractivity contribution in [3.05, 3.63) is 119 Å². The van der Waals surface area contributed by atoms with Crippen LogP contribution >= 0.6 is 11.6 Å². The summed E-state index contributed by atoms with van der Waals surface area (Å²) in [5.74, 6) is -0.752.